The lowest BCUT2D eigenvalue weighted by molar-refractivity contribution is 0.219. The standard InChI is InChI=1S/C7H12N/c1-2-4-7(3-1)5-6-8-7/h1,8H,2-6H2. The highest BCUT2D eigenvalue weighted by Crippen LogP contribution is 2.35. The van der Waals surface area contributed by atoms with Gasteiger partial charge in [0.1, 0.15) is 0 Å². The van der Waals surface area contributed by atoms with Crippen LogP contribution < -0.4 is 5.32 Å². The lowest BCUT2D eigenvalue weighted by Crippen LogP contribution is -2.54. The van der Waals surface area contributed by atoms with Crippen molar-refractivity contribution in [1.82, 2.24) is 5.32 Å². The summed E-state index contributed by atoms with van der Waals surface area (Å²) in [5.74, 6) is 0. The van der Waals surface area contributed by atoms with Gasteiger partial charge in [-0.05, 0) is 38.6 Å². The third-order valence-corrected chi connectivity index (χ3v) is 2.47. The summed E-state index contributed by atoms with van der Waals surface area (Å²) in [6, 6.07) is 0. The highest BCUT2D eigenvalue weighted by atomic mass is 15.0. The summed E-state index contributed by atoms with van der Waals surface area (Å²) in [5.41, 5.74) is 0.611. The Bertz CT molecular complexity index is 86.6. The van der Waals surface area contributed by atoms with Crippen LogP contribution in [-0.2, 0) is 0 Å². The maximum Gasteiger partial charge on any atom is 0.0196 e. The molecule has 2 fully saturated rings. The zero-order valence-electron chi connectivity index (χ0n) is 5.11. The molecule has 0 aromatic rings. The Hall–Kier alpha value is -0.0400. The van der Waals surface area contributed by atoms with E-state index < -0.39 is 0 Å². The summed E-state index contributed by atoms with van der Waals surface area (Å²) < 4.78 is 0. The van der Waals surface area contributed by atoms with Gasteiger partial charge >= 0.3 is 0 Å². The maximum atomic E-state index is 3.49. The van der Waals surface area contributed by atoms with Crippen molar-refractivity contribution in [2.75, 3.05) is 6.54 Å². The molecule has 1 saturated heterocycles. The number of rotatable bonds is 0. The number of nitrogens with one attached hydrogen (secondary N) is 1. The van der Waals surface area contributed by atoms with E-state index in [1.54, 1.807) is 0 Å². The highest BCUT2D eigenvalue weighted by molar-refractivity contribution is 5.05. The topological polar surface area (TPSA) is 12.0 Å². The third kappa shape index (κ3) is 0.510. The summed E-state index contributed by atoms with van der Waals surface area (Å²) in [7, 11) is 0. The van der Waals surface area contributed by atoms with Crippen molar-refractivity contribution in [2.24, 2.45) is 0 Å². The molecule has 0 amide bonds. The molecule has 45 valence electrons. The van der Waals surface area contributed by atoms with Crippen LogP contribution in [0.1, 0.15) is 25.7 Å². The van der Waals surface area contributed by atoms with Crippen molar-refractivity contribution < 1.29 is 0 Å². The largest absolute Gasteiger partial charge is 0.311 e. The van der Waals surface area contributed by atoms with E-state index in [4.69, 9.17) is 0 Å². The van der Waals surface area contributed by atoms with E-state index in [0.717, 1.165) is 0 Å². The van der Waals surface area contributed by atoms with Crippen LogP contribution in [0.5, 0.6) is 0 Å². The first-order valence-electron chi connectivity index (χ1n) is 3.48. The lowest BCUT2D eigenvalue weighted by atomic mass is 9.86. The van der Waals surface area contributed by atoms with Crippen LogP contribution in [0.2, 0.25) is 0 Å². The molecule has 2 aliphatic rings. The van der Waals surface area contributed by atoms with E-state index >= 15 is 0 Å². The Balaban J connectivity index is 2.01. The molecule has 1 unspecified atom stereocenters. The average molecular weight is 110 g/mol. The molecule has 1 radical (unpaired) electrons. The molecule has 1 spiro atoms. The van der Waals surface area contributed by atoms with Crippen LogP contribution in [-0.4, -0.2) is 12.1 Å². The molecule has 1 heterocycles. The van der Waals surface area contributed by atoms with Gasteiger partial charge in [-0.25, -0.2) is 0 Å². The van der Waals surface area contributed by atoms with Crippen molar-refractivity contribution in [3.63, 3.8) is 0 Å². The molecule has 1 aliphatic heterocycles. The Labute approximate surface area is 50.5 Å². The molecule has 0 bridgehead atoms. The molecule has 2 rings (SSSR count). The molecule has 1 N–H and O–H groups in total. The van der Waals surface area contributed by atoms with Gasteiger partial charge in [-0.15, -0.1) is 0 Å². The SMILES string of the molecule is [CH]1CCC2(C1)CCN2. The van der Waals surface area contributed by atoms with Gasteiger partial charge in [-0.1, -0.05) is 0 Å². The molecule has 0 aromatic carbocycles. The van der Waals surface area contributed by atoms with Crippen LogP contribution in [0.25, 0.3) is 0 Å². The lowest BCUT2D eigenvalue weighted by Gasteiger charge is -2.39. The third-order valence-electron chi connectivity index (χ3n) is 2.47. The summed E-state index contributed by atoms with van der Waals surface area (Å²) >= 11 is 0. The van der Waals surface area contributed by atoms with Crippen LogP contribution in [0, 0.1) is 6.42 Å². The molecule has 1 nitrogen and oxygen atoms in total. The second-order valence-corrected chi connectivity index (χ2v) is 2.99. The average Bonchev–Trinajstić information content (AvgIpc) is 2.07. The molecule has 1 heteroatoms. The summed E-state index contributed by atoms with van der Waals surface area (Å²) in [5, 5.41) is 3.49. The maximum absolute atomic E-state index is 3.49. The molecule has 1 atom stereocenters. The van der Waals surface area contributed by atoms with E-state index in [0.29, 0.717) is 5.54 Å². The predicted octanol–water partition coefficient (Wildman–Crippen LogP) is 1.11. The van der Waals surface area contributed by atoms with E-state index in [2.05, 4.69) is 11.7 Å². The monoisotopic (exact) mass is 110 g/mol. The summed E-state index contributed by atoms with van der Waals surface area (Å²) in [6.45, 7) is 1.26. The van der Waals surface area contributed by atoms with Gasteiger partial charge in [0, 0.05) is 5.54 Å². The number of hydrogen-bond donors (Lipinski definition) is 1. The van der Waals surface area contributed by atoms with E-state index in [1.165, 1.54) is 32.2 Å². The molecule has 8 heavy (non-hydrogen) atoms. The first-order chi connectivity index (χ1) is 3.91. The van der Waals surface area contributed by atoms with E-state index in [-0.39, 0.29) is 0 Å². The minimum Gasteiger partial charge on any atom is -0.311 e. The molecule has 0 aromatic heterocycles. The fourth-order valence-electron chi connectivity index (χ4n) is 1.72. The van der Waals surface area contributed by atoms with Crippen molar-refractivity contribution in [2.45, 2.75) is 31.2 Å². The van der Waals surface area contributed by atoms with Gasteiger partial charge in [0.25, 0.3) is 0 Å². The van der Waals surface area contributed by atoms with Crippen LogP contribution in [0.3, 0.4) is 0 Å². The zero-order chi connectivity index (χ0) is 5.45. The van der Waals surface area contributed by atoms with Gasteiger partial charge in [-0.3, -0.25) is 0 Å². The van der Waals surface area contributed by atoms with Gasteiger partial charge in [0.15, 0.2) is 0 Å². The smallest absolute Gasteiger partial charge is 0.0196 e. The van der Waals surface area contributed by atoms with Gasteiger partial charge < -0.3 is 5.32 Å². The molecule has 1 saturated carbocycles. The highest BCUT2D eigenvalue weighted by Gasteiger charge is 2.38. The quantitative estimate of drug-likeness (QED) is 0.492. The van der Waals surface area contributed by atoms with E-state index in [9.17, 15) is 0 Å². The fourth-order valence-corrected chi connectivity index (χ4v) is 1.72. The first-order valence-corrected chi connectivity index (χ1v) is 3.48. The Morgan fingerprint density at radius 2 is 2.25 bits per heavy atom. The fraction of sp³-hybridized carbons (Fsp3) is 0.857. The zero-order valence-corrected chi connectivity index (χ0v) is 5.11. The van der Waals surface area contributed by atoms with Crippen molar-refractivity contribution in [3.05, 3.63) is 6.42 Å². The molecule has 1 aliphatic carbocycles. The number of hydrogen-bond acceptors (Lipinski definition) is 1. The van der Waals surface area contributed by atoms with Gasteiger partial charge in [0.2, 0.25) is 0 Å². The van der Waals surface area contributed by atoms with E-state index in [1.807, 2.05) is 0 Å². The van der Waals surface area contributed by atoms with Crippen LogP contribution >= 0.6 is 0 Å². The predicted molar refractivity (Wildman–Crippen MR) is 33.5 cm³/mol. The van der Waals surface area contributed by atoms with Crippen LogP contribution in [0.15, 0.2) is 0 Å². The van der Waals surface area contributed by atoms with Crippen LogP contribution in [0.4, 0.5) is 0 Å². The van der Waals surface area contributed by atoms with Crippen molar-refractivity contribution in [1.29, 1.82) is 0 Å². The summed E-state index contributed by atoms with van der Waals surface area (Å²) in [6.07, 6.45) is 7.89. The van der Waals surface area contributed by atoms with Gasteiger partial charge in [0.05, 0.1) is 0 Å². The Morgan fingerprint density at radius 3 is 2.50 bits per heavy atom. The normalized spacial score (nSPS) is 33.0. The second-order valence-electron chi connectivity index (χ2n) is 2.99. The first kappa shape index (κ1) is 4.80. The summed E-state index contributed by atoms with van der Waals surface area (Å²) in [4.78, 5) is 0. The molecular weight excluding hydrogens is 98.1 g/mol. The molecular formula is C7H12N. The minimum atomic E-state index is 0.611. The van der Waals surface area contributed by atoms with Crippen molar-refractivity contribution in [3.8, 4) is 0 Å². The van der Waals surface area contributed by atoms with Crippen molar-refractivity contribution >= 4 is 0 Å². The van der Waals surface area contributed by atoms with Gasteiger partial charge in [-0.2, -0.15) is 0 Å². The Kier molecular flexibility index (Phi) is 0.884. The minimum absolute atomic E-state index is 0.611. The second kappa shape index (κ2) is 1.47. The Morgan fingerprint density at radius 1 is 1.38 bits per heavy atom.